The summed E-state index contributed by atoms with van der Waals surface area (Å²) >= 11 is 0. The number of aryl methyl sites for hydroxylation is 1. The highest BCUT2D eigenvalue weighted by atomic mass is 16.5. The van der Waals surface area contributed by atoms with Crippen molar-refractivity contribution in [3.05, 3.63) is 29.3 Å². The average Bonchev–Trinajstić information content (AvgIpc) is 2.78. The van der Waals surface area contributed by atoms with Crippen LogP contribution in [0.5, 0.6) is 5.75 Å². The van der Waals surface area contributed by atoms with Crippen LogP contribution in [0.4, 0.5) is 0 Å². The highest BCUT2D eigenvalue weighted by Crippen LogP contribution is 2.45. The highest BCUT2D eigenvalue weighted by Gasteiger charge is 2.49. The van der Waals surface area contributed by atoms with Gasteiger partial charge >= 0.3 is 0 Å². The van der Waals surface area contributed by atoms with E-state index in [2.05, 4.69) is 17.9 Å². The van der Waals surface area contributed by atoms with Gasteiger partial charge in [0, 0.05) is 18.2 Å². The van der Waals surface area contributed by atoms with Crippen LogP contribution in [-0.4, -0.2) is 36.2 Å². The van der Waals surface area contributed by atoms with Crippen molar-refractivity contribution in [2.75, 3.05) is 20.2 Å². The summed E-state index contributed by atoms with van der Waals surface area (Å²) in [6.07, 6.45) is 4.39. The maximum absolute atomic E-state index is 11.3. The fourth-order valence-corrected chi connectivity index (χ4v) is 3.75. The third kappa shape index (κ3) is 2.05. The Morgan fingerprint density at radius 3 is 2.95 bits per heavy atom. The summed E-state index contributed by atoms with van der Waals surface area (Å²) in [6.45, 7) is 4.19. The first-order chi connectivity index (χ1) is 9.15. The molecule has 0 bridgehead atoms. The van der Waals surface area contributed by atoms with Crippen LogP contribution in [0.25, 0.3) is 0 Å². The lowest BCUT2D eigenvalue weighted by molar-refractivity contribution is -0.0154. The number of hydrogen-bond donors (Lipinski definition) is 1. The zero-order valence-electron chi connectivity index (χ0n) is 11.9. The Morgan fingerprint density at radius 1 is 1.32 bits per heavy atom. The highest BCUT2D eigenvalue weighted by molar-refractivity contribution is 5.42. The van der Waals surface area contributed by atoms with E-state index in [0.717, 1.165) is 37.2 Å². The number of rotatable bonds is 2. The summed E-state index contributed by atoms with van der Waals surface area (Å²) in [7, 11) is 1.69. The van der Waals surface area contributed by atoms with Crippen molar-refractivity contribution < 1.29 is 9.84 Å². The summed E-state index contributed by atoms with van der Waals surface area (Å²) in [6, 6.07) is 6.38. The second-order valence-electron chi connectivity index (χ2n) is 5.93. The Morgan fingerprint density at radius 2 is 2.16 bits per heavy atom. The van der Waals surface area contributed by atoms with Crippen LogP contribution in [0, 0.1) is 6.92 Å². The SMILES string of the molecule is COc1ccc(C)cc1C1(O)CCN2CCCCC21. The van der Waals surface area contributed by atoms with Gasteiger partial charge < -0.3 is 9.84 Å². The monoisotopic (exact) mass is 261 g/mol. The molecule has 1 N–H and O–H groups in total. The number of methoxy groups -OCH3 is 1. The molecular weight excluding hydrogens is 238 g/mol. The number of fused-ring (bicyclic) bond motifs is 1. The molecule has 3 heteroatoms. The quantitative estimate of drug-likeness (QED) is 0.887. The van der Waals surface area contributed by atoms with Crippen LogP contribution >= 0.6 is 0 Å². The van der Waals surface area contributed by atoms with Crippen molar-refractivity contribution in [1.82, 2.24) is 4.90 Å². The molecule has 3 nitrogen and oxygen atoms in total. The van der Waals surface area contributed by atoms with Crippen molar-refractivity contribution in [2.24, 2.45) is 0 Å². The molecule has 1 aromatic rings. The Kier molecular flexibility index (Phi) is 3.27. The second-order valence-corrected chi connectivity index (χ2v) is 5.93. The zero-order chi connectivity index (χ0) is 13.5. The minimum absolute atomic E-state index is 0.261. The minimum Gasteiger partial charge on any atom is -0.496 e. The summed E-state index contributed by atoms with van der Waals surface area (Å²) in [5, 5.41) is 11.3. The average molecular weight is 261 g/mol. The summed E-state index contributed by atoms with van der Waals surface area (Å²) in [4.78, 5) is 2.45. The van der Waals surface area contributed by atoms with Gasteiger partial charge in [-0.3, -0.25) is 4.90 Å². The molecule has 2 aliphatic rings. The lowest BCUT2D eigenvalue weighted by Crippen LogP contribution is -2.45. The standard InChI is InChI=1S/C16H23NO2/c1-12-6-7-14(19-2)13(11-12)16(18)8-10-17-9-4-3-5-15(16)17/h6-7,11,15,18H,3-5,8-10H2,1-2H3. The van der Waals surface area contributed by atoms with Gasteiger partial charge in [-0.1, -0.05) is 18.1 Å². The molecule has 0 aromatic heterocycles. The van der Waals surface area contributed by atoms with Crippen LogP contribution in [-0.2, 0) is 5.60 Å². The van der Waals surface area contributed by atoms with E-state index in [4.69, 9.17) is 4.74 Å². The van der Waals surface area contributed by atoms with Gasteiger partial charge in [-0.05, 0) is 44.9 Å². The van der Waals surface area contributed by atoms with Gasteiger partial charge in [0.05, 0.1) is 7.11 Å². The van der Waals surface area contributed by atoms with Gasteiger partial charge in [-0.25, -0.2) is 0 Å². The lowest BCUT2D eigenvalue weighted by atomic mass is 9.82. The fourth-order valence-electron chi connectivity index (χ4n) is 3.75. The third-order valence-corrected chi connectivity index (χ3v) is 4.77. The van der Waals surface area contributed by atoms with Crippen LogP contribution in [0.3, 0.4) is 0 Å². The lowest BCUT2D eigenvalue weighted by Gasteiger charge is -2.38. The molecule has 0 amide bonds. The fraction of sp³-hybridized carbons (Fsp3) is 0.625. The number of benzene rings is 1. The molecule has 2 aliphatic heterocycles. The Labute approximate surface area is 115 Å². The molecule has 3 rings (SSSR count). The van der Waals surface area contributed by atoms with Crippen molar-refractivity contribution in [2.45, 2.75) is 44.2 Å². The summed E-state index contributed by atoms with van der Waals surface area (Å²) < 4.78 is 5.48. The van der Waals surface area contributed by atoms with E-state index >= 15 is 0 Å². The van der Waals surface area contributed by atoms with E-state index in [9.17, 15) is 5.11 Å². The molecule has 0 radical (unpaired) electrons. The number of nitrogens with zero attached hydrogens (tertiary/aromatic N) is 1. The Balaban J connectivity index is 2.02. The van der Waals surface area contributed by atoms with Gasteiger partial charge in [-0.2, -0.15) is 0 Å². The largest absolute Gasteiger partial charge is 0.496 e. The summed E-state index contributed by atoms with van der Waals surface area (Å²) in [5.41, 5.74) is 1.42. The van der Waals surface area contributed by atoms with Crippen molar-refractivity contribution >= 4 is 0 Å². The van der Waals surface area contributed by atoms with E-state index in [1.54, 1.807) is 7.11 Å². The number of aliphatic hydroxyl groups is 1. The van der Waals surface area contributed by atoms with E-state index in [1.165, 1.54) is 18.4 Å². The van der Waals surface area contributed by atoms with Gasteiger partial charge in [0.1, 0.15) is 11.4 Å². The predicted octanol–water partition coefficient (Wildman–Crippen LogP) is 2.45. The maximum atomic E-state index is 11.3. The zero-order valence-corrected chi connectivity index (χ0v) is 11.9. The molecule has 2 saturated heterocycles. The predicted molar refractivity (Wildman–Crippen MR) is 75.5 cm³/mol. The number of hydrogen-bond acceptors (Lipinski definition) is 3. The van der Waals surface area contributed by atoms with Gasteiger partial charge in [0.2, 0.25) is 0 Å². The van der Waals surface area contributed by atoms with Gasteiger partial charge in [0.25, 0.3) is 0 Å². The molecule has 0 spiro atoms. The van der Waals surface area contributed by atoms with E-state index in [-0.39, 0.29) is 6.04 Å². The molecule has 104 valence electrons. The number of ether oxygens (including phenoxy) is 1. The maximum Gasteiger partial charge on any atom is 0.125 e. The molecule has 2 atom stereocenters. The third-order valence-electron chi connectivity index (χ3n) is 4.77. The molecule has 1 aromatic carbocycles. The smallest absolute Gasteiger partial charge is 0.125 e. The molecule has 19 heavy (non-hydrogen) atoms. The van der Waals surface area contributed by atoms with E-state index < -0.39 is 5.60 Å². The van der Waals surface area contributed by atoms with Crippen LogP contribution < -0.4 is 4.74 Å². The van der Waals surface area contributed by atoms with Crippen molar-refractivity contribution in [1.29, 1.82) is 0 Å². The van der Waals surface area contributed by atoms with Crippen LogP contribution in [0.2, 0.25) is 0 Å². The minimum atomic E-state index is -0.738. The molecular formula is C16H23NO2. The molecule has 2 heterocycles. The first-order valence-electron chi connectivity index (χ1n) is 7.27. The summed E-state index contributed by atoms with van der Waals surface area (Å²) in [5.74, 6) is 0.820. The number of piperidine rings is 1. The first kappa shape index (κ1) is 12.9. The Hall–Kier alpha value is -1.06. The second kappa shape index (κ2) is 4.80. The molecule has 2 unspecified atom stereocenters. The first-order valence-corrected chi connectivity index (χ1v) is 7.27. The van der Waals surface area contributed by atoms with Crippen molar-refractivity contribution in [3.63, 3.8) is 0 Å². The molecule has 0 saturated carbocycles. The molecule has 0 aliphatic carbocycles. The normalized spacial score (nSPS) is 31.2. The van der Waals surface area contributed by atoms with Gasteiger partial charge in [-0.15, -0.1) is 0 Å². The Bertz CT molecular complexity index is 474. The molecule has 2 fully saturated rings. The van der Waals surface area contributed by atoms with Crippen LogP contribution in [0.15, 0.2) is 18.2 Å². The topological polar surface area (TPSA) is 32.7 Å². The van der Waals surface area contributed by atoms with Crippen LogP contribution in [0.1, 0.15) is 36.8 Å². The van der Waals surface area contributed by atoms with Gasteiger partial charge in [0.15, 0.2) is 0 Å². The van der Waals surface area contributed by atoms with E-state index in [0.29, 0.717) is 0 Å². The van der Waals surface area contributed by atoms with E-state index in [1.807, 2.05) is 12.1 Å². The van der Waals surface area contributed by atoms with Crippen molar-refractivity contribution in [3.8, 4) is 5.75 Å².